The number of methoxy groups -OCH3 is 1. The molecule has 2 aromatic rings. The highest BCUT2D eigenvalue weighted by Crippen LogP contribution is 2.11. The number of ether oxygens (including phenoxy) is 2. The van der Waals surface area contributed by atoms with Crippen molar-refractivity contribution in [2.45, 2.75) is 19.1 Å². The van der Waals surface area contributed by atoms with Gasteiger partial charge in [0.05, 0.1) is 0 Å². The Bertz CT molecular complexity index is 592. The molecular weight excluding hydrogens is 321 g/mol. The van der Waals surface area contributed by atoms with Crippen molar-refractivity contribution in [3.05, 3.63) is 66.0 Å². The molecule has 0 aliphatic carbocycles. The SMILES string of the molecule is COCCCN(Cc1ccc(F)cc1)C[C@H](O)COc1ccccc1. The Labute approximate surface area is 148 Å². The minimum atomic E-state index is -0.608. The largest absolute Gasteiger partial charge is 0.491 e. The van der Waals surface area contributed by atoms with Gasteiger partial charge >= 0.3 is 0 Å². The Hall–Kier alpha value is -1.95. The second-order valence-corrected chi connectivity index (χ2v) is 5.99. The van der Waals surface area contributed by atoms with Crippen molar-refractivity contribution in [2.24, 2.45) is 0 Å². The normalized spacial score (nSPS) is 12.3. The van der Waals surface area contributed by atoms with E-state index in [0.717, 1.165) is 24.3 Å². The number of aliphatic hydroxyl groups is 1. The van der Waals surface area contributed by atoms with Gasteiger partial charge < -0.3 is 14.6 Å². The smallest absolute Gasteiger partial charge is 0.123 e. The molecule has 0 aromatic heterocycles. The zero-order valence-electron chi connectivity index (χ0n) is 14.6. The third-order valence-corrected chi connectivity index (χ3v) is 3.80. The van der Waals surface area contributed by atoms with Crippen molar-refractivity contribution in [1.82, 2.24) is 4.90 Å². The summed E-state index contributed by atoms with van der Waals surface area (Å²) in [4.78, 5) is 2.13. The monoisotopic (exact) mass is 347 g/mol. The summed E-state index contributed by atoms with van der Waals surface area (Å²) in [7, 11) is 1.67. The van der Waals surface area contributed by atoms with Gasteiger partial charge in [-0.3, -0.25) is 4.90 Å². The predicted octanol–water partition coefficient (Wildman–Crippen LogP) is 3.10. The highest BCUT2D eigenvalue weighted by molar-refractivity contribution is 5.21. The molecule has 0 heterocycles. The molecule has 1 N–H and O–H groups in total. The van der Waals surface area contributed by atoms with E-state index in [1.54, 1.807) is 19.2 Å². The number of aliphatic hydroxyl groups excluding tert-OH is 1. The summed E-state index contributed by atoms with van der Waals surface area (Å²) in [6, 6.07) is 15.9. The first-order valence-corrected chi connectivity index (χ1v) is 8.49. The van der Waals surface area contributed by atoms with Crippen LogP contribution in [0, 0.1) is 5.82 Å². The molecule has 0 unspecified atom stereocenters. The van der Waals surface area contributed by atoms with Crippen molar-refractivity contribution in [3.63, 3.8) is 0 Å². The summed E-state index contributed by atoms with van der Waals surface area (Å²) < 4.78 is 23.8. The molecule has 0 fully saturated rings. The first kappa shape index (κ1) is 19.4. The zero-order chi connectivity index (χ0) is 17.9. The highest BCUT2D eigenvalue weighted by atomic mass is 19.1. The summed E-state index contributed by atoms with van der Waals surface area (Å²) >= 11 is 0. The van der Waals surface area contributed by atoms with Crippen molar-refractivity contribution < 1.29 is 19.0 Å². The van der Waals surface area contributed by atoms with Gasteiger partial charge in [-0.25, -0.2) is 4.39 Å². The van der Waals surface area contributed by atoms with E-state index in [1.807, 2.05) is 30.3 Å². The highest BCUT2D eigenvalue weighted by Gasteiger charge is 2.13. The molecule has 136 valence electrons. The van der Waals surface area contributed by atoms with Crippen LogP contribution in [-0.2, 0) is 11.3 Å². The lowest BCUT2D eigenvalue weighted by Gasteiger charge is -2.25. The van der Waals surface area contributed by atoms with Gasteiger partial charge in [0.2, 0.25) is 0 Å². The average molecular weight is 347 g/mol. The van der Waals surface area contributed by atoms with Crippen molar-refractivity contribution in [3.8, 4) is 5.75 Å². The van der Waals surface area contributed by atoms with Crippen molar-refractivity contribution in [1.29, 1.82) is 0 Å². The van der Waals surface area contributed by atoms with E-state index < -0.39 is 6.10 Å². The zero-order valence-corrected chi connectivity index (χ0v) is 14.6. The van der Waals surface area contributed by atoms with Gasteiger partial charge in [-0.05, 0) is 36.2 Å². The lowest BCUT2D eigenvalue weighted by Crippen LogP contribution is -2.36. The maximum atomic E-state index is 13.1. The molecule has 0 amide bonds. The van der Waals surface area contributed by atoms with E-state index in [1.165, 1.54) is 12.1 Å². The third-order valence-electron chi connectivity index (χ3n) is 3.80. The topological polar surface area (TPSA) is 41.9 Å². The Balaban J connectivity index is 1.86. The van der Waals surface area contributed by atoms with Crippen LogP contribution in [-0.4, -0.2) is 49.5 Å². The molecule has 4 nitrogen and oxygen atoms in total. The molecule has 0 spiro atoms. The maximum absolute atomic E-state index is 13.1. The van der Waals surface area contributed by atoms with Crippen molar-refractivity contribution >= 4 is 0 Å². The molecule has 2 rings (SSSR count). The number of nitrogens with zero attached hydrogens (tertiary/aromatic N) is 1. The van der Waals surface area contributed by atoms with Crippen LogP contribution in [0.3, 0.4) is 0 Å². The van der Waals surface area contributed by atoms with Crippen LogP contribution < -0.4 is 4.74 Å². The van der Waals surface area contributed by atoms with E-state index >= 15 is 0 Å². The molecule has 2 aromatic carbocycles. The van der Waals surface area contributed by atoms with Crippen LogP contribution in [0.4, 0.5) is 4.39 Å². The second-order valence-electron chi connectivity index (χ2n) is 5.99. The summed E-state index contributed by atoms with van der Waals surface area (Å²) in [5, 5.41) is 10.3. The van der Waals surface area contributed by atoms with Gasteiger partial charge in [-0.1, -0.05) is 30.3 Å². The van der Waals surface area contributed by atoms with Gasteiger partial charge in [-0.2, -0.15) is 0 Å². The third kappa shape index (κ3) is 7.65. The molecular formula is C20H26FNO3. The van der Waals surface area contributed by atoms with Crippen LogP contribution in [0.25, 0.3) is 0 Å². The lowest BCUT2D eigenvalue weighted by atomic mass is 10.2. The quantitative estimate of drug-likeness (QED) is 0.634. The molecule has 0 saturated carbocycles. The second kappa shape index (κ2) is 10.8. The summed E-state index contributed by atoms with van der Waals surface area (Å²) in [6.45, 7) is 2.80. The lowest BCUT2D eigenvalue weighted by molar-refractivity contribution is 0.0617. The average Bonchev–Trinajstić information content (AvgIpc) is 2.63. The van der Waals surface area contributed by atoms with Gasteiger partial charge in [0.25, 0.3) is 0 Å². The molecule has 1 atom stereocenters. The van der Waals surface area contributed by atoms with E-state index in [0.29, 0.717) is 19.7 Å². The molecule has 0 radical (unpaired) electrons. The van der Waals surface area contributed by atoms with Gasteiger partial charge in [0, 0.05) is 33.4 Å². The van der Waals surface area contributed by atoms with Crippen LogP contribution in [0.2, 0.25) is 0 Å². The van der Waals surface area contributed by atoms with Crippen LogP contribution >= 0.6 is 0 Å². The first-order chi connectivity index (χ1) is 12.2. The molecule has 0 bridgehead atoms. The summed E-state index contributed by atoms with van der Waals surface area (Å²) in [5.74, 6) is 0.497. The number of rotatable bonds is 11. The minimum absolute atomic E-state index is 0.230. The number of para-hydroxylation sites is 1. The molecule has 5 heteroatoms. The number of halogens is 1. The summed E-state index contributed by atoms with van der Waals surface area (Å²) in [5.41, 5.74) is 1.01. The Morgan fingerprint density at radius 2 is 1.80 bits per heavy atom. The van der Waals surface area contributed by atoms with Crippen LogP contribution in [0.1, 0.15) is 12.0 Å². The van der Waals surface area contributed by atoms with Gasteiger partial charge in [0.1, 0.15) is 24.3 Å². The maximum Gasteiger partial charge on any atom is 0.123 e. The Kier molecular flexibility index (Phi) is 8.39. The summed E-state index contributed by atoms with van der Waals surface area (Å²) in [6.07, 6.45) is 0.257. The Morgan fingerprint density at radius 1 is 1.08 bits per heavy atom. The number of hydrogen-bond acceptors (Lipinski definition) is 4. The fourth-order valence-electron chi connectivity index (χ4n) is 2.58. The van der Waals surface area contributed by atoms with Crippen molar-refractivity contribution in [2.75, 3.05) is 33.4 Å². The molecule has 0 aliphatic rings. The standard InChI is InChI=1S/C20H26FNO3/c1-24-13-5-12-22(14-17-8-10-18(21)11-9-17)15-19(23)16-25-20-6-3-2-4-7-20/h2-4,6-11,19,23H,5,12-16H2,1H3/t19-/m0/s1. The fraction of sp³-hybridized carbons (Fsp3) is 0.400. The molecule has 25 heavy (non-hydrogen) atoms. The predicted molar refractivity (Wildman–Crippen MR) is 96.1 cm³/mol. The van der Waals surface area contributed by atoms with E-state index in [9.17, 15) is 9.50 Å². The number of benzene rings is 2. The van der Waals surface area contributed by atoms with E-state index in [4.69, 9.17) is 9.47 Å². The van der Waals surface area contributed by atoms with Gasteiger partial charge in [0.15, 0.2) is 0 Å². The molecule has 0 saturated heterocycles. The van der Waals surface area contributed by atoms with Crippen LogP contribution in [0.5, 0.6) is 5.75 Å². The van der Waals surface area contributed by atoms with Crippen LogP contribution in [0.15, 0.2) is 54.6 Å². The number of hydrogen-bond donors (Lipinski definition) is 1. The minimum Gasteiger partial charge on any atom is -0.491 e. The Morgan fingerprint density at radius 3 is 2.48 bits per heavy atom. The molecule has 0 aliphatic heterocycles. The first-order valence-electron chi connectivity index (χ1n) is 8.49. The van der Waals surface area contributed by atoms with E-state index in [-0.39, 0.29) is 12.4 Å². The van der Waals surface area contributed by atoms with E-state index in [2.05, 4.69) is 4.90 Å². The van der Waals surface area contributed by atoms with Gasteiger partial charge in [-0.15, -0.1) is 0 Å². The fourth-order valence-corrected chi connectivity index (χ4v) is 2.58.